The van der Waals surface area contributed by atoms with Gasteiger partial charge in [0.25, 0.3) is 0 Å². The third kappa shape index (κ3) is 2.85. The van der Waals surface area contributed by atoms with Crippen molar-refractivity contribution in [2.24, 2.45) is 0 Å². The van der Waals surface area contributed by atoms with Crippen molar-refractivity contribution in [2.45, 2.75) is 18.9 Å². The van der Waals surface area contributed by atoms with E-state index in [0.29, 0.717) is 0 Å². The number of hydrogen-bond acceptors (Lipinski definition) is 3. The number of likely N-dealkylation sites (N-methyl/N-ethyl adjacent to an activating group) is 1. The van der Waals surface area contributed by atoms with Gasteiger partial charge in [0.1, 0.15) is 10.9 Å². The minimum Gasteiger partial charge on any atom is -0.370 e. The lowest BCUT2D eigenvalue weighted by Gasteiger charge is -2.32. The summed E-state index contributed by atoms with van der Waals surface area (Å²) in [6, 6.07) is 8.69. The molecule has 3 rings (SSSR count). The predicted octanol–water partition coefficient (Wildman–Crippen LogP) is 3.17. The molecule has 0 amide bonds. The number of aromatic nitrogens is 2. The second-order valence-electron chi connectivity index (χ2n) is 6.18. The molecule has 0 aliphatic carbocycles. The zero-order valence-electron chi connectivity index (χ0n) is 12.8. The molecule has 2 aromatic rings. The van der Waals surface area contributed by atoms with Gasteiger partial charge in [-0.25, -0.2) is 4.98 Å². The van der Waals surface area contributed by atoms with E-state index in [1.165, 1.54) is 12.1 Å². The normalized spacial score (nSPS) is 22.2. The number of halogens is 1. The third-order valence-corrected chi connectivity index (χ3v) is 5.01. The van der Waals surface area contributed by atoms with Gasteiger partial charge in [-0.2, -0.15) is 0 Å². The quantitative estimate of drug-likeness (QED) is 0.851. The summed E-state index contributed by atoms with van der Waals surface area (Å²) in [5, 5.41) is 0. The van der Waals surface area contributed by atoms with Crippen LogP contribution in [-0.4, -0.2) is 47.2 Å². The van der Waals surface area contributed by atoms with Crippen molar-refractivity contribution in [2.75, 3.05) is 32.1 Å². The standard InChI is InChI=1S/C16H21BrN4/c1-16(19(2)3)8-9-20(11-16)13-4-6-14(7-5-13)21-10-15(17)18-12-21/h4-7,10,12H,8-9,11H2,1-3H3/t16-/m1/s1. The van der Waals surface area contributed by atoms with E-state index in [2.05, 4.69) is 76.0 Å². The molecule has 0 unspecified atom stereocenters. The van der Waals surface area contributed by atoms with Gasteiger partial charge in [0, 0.05) is 36.2 Å². The fraction of sp³-hybridized carbons (Fsp3) is 0.438. The molecule has 112 valence electrons. The minimum atomic E-state index is 0.272. The highest BCUT2D eigenvalue weighted by Crippen LogP contribution is 2.30. The topological polar surface area (TPSA) is 24.3 Å². The lowest BCUT2D eigenvalue weighted by molar-refractivity contribution is 0.198. The maximum Gasteiger partial charge on any atom is 0.124 e. The van der Waals surface area contributed by atoms with Crippen LogP contribution < -0.4 is 4.90 Å². The molecule has 1 aliphatic rings. The van der Waals surface area contributed by atoms with E-state index in [9.17, 15) is 0 Å². The first-order chi connectivity index (χ1) is 9.98. The van der Waals surface area contributed by atoms with Crippen LogP contribution in [0.1, 0.15) is 13.3 Å². The molecule has 1 aromatic carbocycles. The Morgan fingerprint density at radius 2 is 1.86 bits per heavy atom. The zero-order valence-corrected chi connectivity index (χ0v) is 14.3. The molecule has 1 aliphatic heterocycles. The first-order valence-corrected chi connectivity index (χ1v) is 8.00. The molecular weight excluding hydrogens is 328 g/mol. The molecule has 5 heteroatoms. The van der Waals surface area contributed by atoms with Gasteiger partial charge >= 0.3 is 0 Å². The molecule has 0 saturated carbocycles. The first-order valence-electron chi connectivity index (χ1n) is 7.20. The molecular formula is C16H21BrN4. The monoisotopic (exact) mass is 348 g/mol. The van der Waals surface area contributed by atoms with Crippen LogP contribution in [0.3, 0.4) is 0 Å². The maximum atomic E-state index is 4.20. The van der Waals surface area contributed by atoms with Gasteiger partial charge in [-0.05, 0) is 67.6 Å². The first kappa shape index (κ1) is 14.6. The summed E-state index contributed by atoms with van der Waals surface area (Å²) < 4.78 is 2.87. The predicted molar refractivity (Wildman–Crippen MR) is 90.2 cm³/mol. The molecule has 0 spiro atoms. The van der Waals surface area contributed by atoms with Gasteiger partial charge in [-0.3, -0.25) is 0 Å². The van der Waals surface area contributed by atoms with Gasteiger partial charge in [-0.1, -0.05) is 0 Å². The Balaban J connectivity index is 1.76. The van der Waals surface area contributed by atoms with Gasteiger partial charge < -0.3 is 14.4 Å². The summed E-state index contributed by atoms with van der Waals surface area (Å²) in [7, 11) is 4.34. The average Bonchev–Trinajstić information content (AvgIpc) is 3.06. The van der Waals surface area contributed by atoms with Crippen molar-refractivity contribution in [3.8, 4) is 5.69 Å². The average molecular weight is 349 g/mol. The largest absolute Gasteiger partial charge is 0.370 e. The molecule has 1 saturated heterocycles. The highest BCUT2D eigenvalue weighted by atomic mass is 79.9. The van der Waals surface area contributed by atoms with E-state index in [4.69, 9.17) is 0 Å². The second-order valence-corrected chi connectivity index (χ2v) is 7.00. The summed E-state index contributed by atoms with van der Waals surface area (Å²) in [6.45, 7) is 4.53. The van der Waals surface area contributed by atoms with Crippen molar-refractivity contribution in [3.63, 3.8) is 0 Å². The van der Waals surface area contributed by atoms with Gasteiger partial charge in [0.2, 0.25) is 0 Å². The van der Waals surface area contributed by atoms with Gasteiger partial charge in [-0.15, -0.1) is 0 Å². The molecule has 2 heterocycles. The van der Waals surface area contributed by atoms with E-state index in [1.54, 1.807) is 0 Å². The molecule has 0 bridgehead atoms. The fourth-order valence-corrected chi connectivity index (χ4v) is 3.12. The smallest absolute Gasteiger partial charge is 0.124 e. The van der Waals surface area contributed by atoms with Crippen LogP contribution in [-0.2, 0) is 0 Å². The molecule has 0 N–H and O–H groups in total. The van der Waals surface area contributed by atoms with E-state index in [1.807, 2.05) is 17.1 Å². The number of rotatable bonds is 3. The van der Waals surface area contributed by atoms with Crippen molar-refractivity contribution >= 4 is 21.6 Å². The summed E-state index contributed by atoms with van der Waals surface area (Å²) in [4.78, 5) is 9.00. The summed E-state index contributed by atoms with van der Waals surface area (Å²) in [6.07, 6.45) is 4.99. The van der Waals surface area contributed by atoms with Crippen LogP contribution in [0, 0.1) is 0 Å². The number of nitrogens with zero attached hydrogens (tertiary/aromatic N) is 4. The second kappa shape index (κ2) is 5.46. The van der Waals surface area contributed by atoms with Crippen LogP contribution in [0.15, 0.2) is 41.4 Å². The van der Waals surface area contributed by atoms with Crippen molar-refractivity contribution < 1.29 is 0 Å². The molecule has 21 heavy (non-hydrogen) atoms. The fourth-order valence-electron chi connectivity index (χ4n) is 2.81. The lowest BCUT2D eigenvalue weighted by Crippen LogP contribution is -2.43. The Bertz CT molecular complexity index is 619. The van der Waals surface area contributed by atoms with E-state index in [0.717, 1.165) is 23.4 Å². The van der Waals surface area contributed by atoms with E-state index in [-0.39, 0.29) is 5.54 Å². The molecule has 4 nitrogen and oxygen atoms in total. The summed E-state index contributed by atoms with van der Waals surface area (Å²) >= 11 is 3.38. The Morgan fingerprint density at radius 3 is 2.38 bits per heavy atom. The van der Waals surface area contributed by atoms with Gasteiger partial charge in [0.15, 0.2) is 0 Å². The summed E-state index contributed by atoms with van der Waals surface area (Å²) in [5.74, 6) is 0. The number of hydrogen-bond donors (Lipinski definition) is 0. The van der Waals surface area contributed by atoms with Crippen LogP contribution in [0.25, 0.3) is 5.69 Å². The number of imidazole rings is 1. The number of benzene rings is 1. The highest BCUT2D eigenvalue weighted by Gasteiger charge is 2.35. The van der Waals surface area contributed by atoms with Gasteiger partial charge in [0.05, 0.1) is 0 Å². The van der Waals surface area contributed by atoms with Crippen LogP contribution in [0.4, 0.5) is 5.69 Å². The Labute approximate surface area is 134 Å². The van der Waals surface area contributed by atoms with E-state index >= 15 is 0 Å². The Morgan fingerprint density at radius 1 is 1.19 bits per heavy atom. The minimum absolute atomic E-state index is 0.272. The lowest BCUT2D eigenvalue weighted by atomic mass is 10.0. The van der Waals surface area contributed by atoms with Crippen LogP contribution >= 0.6 is 15.9 Å². The Kier molecular flexibility index (Phi) is 3.80. The van der Waals surface area contributed by atoms with Crippen molar-refractivity contribution in [3.05, 3.63) is 41.4 Å². The van der Waals surface area contributed by atoms with Crippen LogP contribution in [0.5, 0.6) is 0 Å². The molecule has 1 atom stereocenters. The van der Waals surface area contributed by atoms with Crippen molar-refractivity contribution in [1.29, 1.82) is 0 Å². The van der Waals surface area contributed by atoms with Crippen LogP contribution in [0.2, 0.25) is 0 Å². The third-order valence-electron chi connectivity index (χ3n) is 4.60. The molecule has 1 aromatic heterocycles. The Hall–Kier alpha value is -1.33. The zero-order chi connectivity index (χ0) is 15.0. The molecule has 0 radical (unpaired) electrons. The van der Waals surface area contributed by atoms with E-state index < -0.39 is 0 Å². The number of anilines is 1. The highest BCUT2D eigenvalue weighted by molar-refractivity contribution is 9.10. The molecule has 1 fully saturated rings. The summed E-state index contributed by atoms with van der Waals surface area (Å²) in [5.41, 5.74) is 2.70. The maximum absolute atomic E-state index is 4.20. The SMILES string of the molecule is CN(C)[C@]1(C)CCN(c2ccc(-n3cnc(Br)c3)cc2)C1. The van der Waals surface area contributed by atoms with Crippen molar-refractivity contribution in [1.82, 2.24) is 14.5 Å².